The summed E-state index contributed by atoms with van der Waals surface area (Å²) >= 11 is 0. The second-order valence-electron chi connectivity index (χ2n) is 9.33. The first-order valence-electron chi connectivity index (χ1n) is 12.3. The number of aromatic nitrogens is 2. The number of nitro groups is 1. The number of anilines is 1. The number of nitro benzene ring substituents is 1. The summed E-state index contributed by atoms with van der Waals surface area (Å²) in [7, 11) is 0. The van der Waals surface area contributed by atoms with Gasteiger partial charge in [0.15, 0.2) is 5.82 Å². The van der Waals surface area contributed by atoms with Crippen molar-refractivity contribution in [1.82, 2.24) is 20.4 Å². The number of carbonyl (C=O) groups is 2. The van der Waals surface area contributed by atoms with Gasteiger partial charge in [-0.2, -0.15) is 4.98 Å². The monoisotopic (exact) mass is 484 g/mol. The number of benzene rings is 1. The van der Waals surface area contributed by atoms with Gasteiger partial charge in [-0.15, -0.1) is 0 Å². The Hall–Kier alpha value is -3.50. The highest BCUT2D eigenvalue weighted by Crippen LogP contribution is 2.34. The van der Waals surface area contributed by atoms with Gasteiger partial charge in [0.05, 0.1) is 4.92 Å². The molecule has 4 rings (SSSR count). The second kappa shape index (κ2) is 10.8. The molecule has 2 aliphatic rings. The summed E-state index contributed by atoms with van der Waals surface area (Å²) in [4.78, 5) is 43.6. The minimum absolute atomic E-state index is 0.0270. The first-order valence-corrected chi connectivity index (χ1v) is 12.3. The van der Waals surface area contributed by atoms with Crippen molar-refractivity contribution in [3.05, 3.63) is 46.1 Å². The van der Waals surface area contributed by atoms with Crippen LogP contribution < -0.4 is 10.2 Å². The van der Waals surface area contributed by atoms with Gasteiger partial charge in [0.25, 0.3) is 5.69 Å². The topological polar surface area (TPSA) is 135 Å². The van der Waals surface area contributed by atoms with E-state index in [2.05, 4.69) is 20.4 Å². The Balaban J connectivity index is 1.30. The number of non-ortho nitro benzene ring substituents is 1. The molecule has 35 heavy (non-hydrogen) atoms. The molecule has 0 spiro atoms. The molecule has 2 amide bonds. The zero-order valence-corrected chi connectivity index (χ0v) is 20.1. The van der Waals surface area contributed by atoms with Gasteiger partial charge in [-0.25, -0.2) is 0 Å². The van der Waals surface area contributed by atoms with Gasteiger partial charge in [-0.05, 0) is 25.0 Å². The highest BCUT2D eigenvalue weighted by molar-refractivity contribution is 5.76. The summed E-state index contributed by atoms with van der Waals surface area (Å²) in [6.07, 6.45) is 6.42. The summed E-state index contributed by atoms with van der Waals surface area (Å²) < 4.78 is 5.47. The maximum absolute atomic E-state index is 12.8. The highest BCUT2D eigenvalue weighted by Gasteiger charge is 2.38. The van der Waals surface area contributed by atoms with Crippen LogP contribution in [0.5, 0.6) is 0 Å². The Morgan fingerprint density at radius 2 is 1.74 bits per heavy atom. The van der Waals surface area contributed by atoms with Crippen LogP contribution in [0.15, 0.2) is 28.8 Å². The van der Waals surface area contributed by atoms with E-state index in [9.17, 15) is 19.7 Å². The zero-order valence-electron chi connectivity index (χ0n) is 20.1. The van der Waals surface area contributed by atoms with E-state index in [-0.39, 0.29) is 23.9 Å². The predicted octanol–water partition coefficient (Wildman–Crippen LogP) is 2.94. The zero-order chi connectivity index (χ0) is 24.8. The van der Waals surface area contributed by atoms with Crippen LogP contribution in [0.2, 0.25) is 0 Å². The Kier molecular flexibility index (Phi) is 7.62. The van der Waals surface area contributed by atoms with E-state index < -0.39 is 10.5 Å². The molecule has 188 valence electrons. The molecule has 2 aromatic rings. The molecule has 0 atom stereocenters. The number of hydrogen-bond acceptors (Lipinski definition) is 8. The molecule has 0 bridgehead atoms. The third-order valence-corrected chi connectivity index (χ3v) is 6.88. The maximum Gasteiger partial charge on any atom is 0.269 e. The molecule has 1 N–H and O–H groups in total. The summed E-state index contributed by atoms with van der Waals surface area (Å²) in [5.41, 5.74) is 0.379. The van der Waals surface area contributed by atoms with Gasteiger partial charge < -0.3 is 19.6 Å². The second-order valence-corrected chi connectivity index (χ2v) is 9.33. The third kappa shape index (κ3) is 5.95. The normalized spacial score (nSPS) is 18.1. The van der Waals surface area contributed by atoms with E-state index in [4.69, 9.17) is 4.52 Å². The largest absolute Gasteiger partial charge is 0.368 e. The third-order valence-electron chi connectivity index (χ3n) is 6.88. The first kappa shape index (κ1) is 24.6. The van der Waals surface area contributed by atoms with Crippen LogP contribution in [-0.2, 0) is 21.5 Å². The van der Waals surface area contributed by atoms with Gasteiger partial charge in [0, 0.05) is 63.8 Å². The molecule has 1 aromatic carbocycles. The van der Waals surface area contributed by atoms with E-state index in [0.29, 0.717) is 44.3 Å². The number of nitrogens with zero attached hydrogens (tertiary/aromatic N) is 5. The molecular formula is C24H32N6O5. The van der Waals surface area contributed by atoms with Gasteiger partial charge in [-0.1, -0.05) is 30.8 Å². The van der Waals surface area contributed by atoms with Crippen molar-refractivity contribution >= 4 is 23.2 Å². The number of carbonyl (C=O) groups excluding carboxylic acids is 2. The lowest BCUT2D eigenvalue weighted by Crippen LogP contribution is -2.48. The van der Waals surface area contributed by atoms with Crippen molar-refractivity contribution in [2.24, 2.45) is 0 Å². The number of aryl methyl sites for hydroxylation is 1. The van der Waals surface area contributed by atoms with Gasteiger partial charge in [0.2, 0.25) is 17.7 Å². The molecule has 0 unspecified atom stereocenters. The van der Waals surface area contributed by atoms with Crippen LogP contribution >= 0.6 is 0 Å². The quantitative estimate of drug-likeness (QED) is 0.360. The SMILES string of the molecule is CC(=O)NC1(c2noc(CCC(=O)N3CCN(c4ccc([N+](=O)[O-])cc4)CC3)n2)CCCCCC1. The summed E-state index contributed by atoms with van der Waals surface area (Å²) in [6.45, 7) is 3.99. The fourth-order valence-electron chi connectivity index (χ4n) is 5.00. The van der Waals surface area contributed by atoms with Crippen molar-refractivity contribution in [2.45, 2.75) is 63.8 Å². The Morgan fingerprint density at radius 3 is 2.34 bits per heavy atom. The molecule has 0 radical (unpaired) electrons. The first-order chi connectivity index (χ1) is 16.9. The lowest BCUT2D eigenvalue weighted by atomic mass is 9.89. The van der Waals surface area contributed by atoms with Crippen LogP contribution in [0.3, 0.4) is 0 Å². The highest BCUT2D eigenvalue weighted by atomic mass is 16.6. The molecule has 11 heteroatoms. The van der Waals surface area contributed by atoms with Crippen molar-refractivity contribution in [2.75, 3.05) is 31.1 Å². The number of rotatable bonds is 7. The molecule has 1 aliphatic carbocycles. The fourth-order valence-corrected chi connectivity index (χ4v) is 5.00. The van der Waals surface area contributed by atoms with Crippen molar-refractivity contribution in [1.29, 1.82) is 0 Å². The van der Waals surface area contributed by atoms with E-state index in [1.54, 1.807) is 12.1 Å². The molecule has 1 aliphatic heterocycles. The van der Waals surface area contributed by atoms with Crippen LogP contribution in [0.4, 0.5) is 11.4 Å². The lowest BCUT2D eigenvalue weighted by molar-refractivity contribution is -0.384. The van der Waals surface area contributed by atoms with Crippen LogP contribution in [-0.4, -0.2) is 58.0 Å². The number of piperazine rings is 1. The standard InChI is InChI=1S/C24H32N6O5/c1-18(31)26-24(12-4-2-3-5-13-24)23-25-21(35-27-23)10-11-22(32)29-16-14-28(15-17-29)19-6-8-20(9-7-19)30(33)34/h6-9H,2-5,10-17H2,1H3,(H,26,31). The fraction of sp³-hybridized carbons (Fsp3) is 0.583. The van der Waals surface area contributed by atoms with Crippen LogP contribution in [0.25, 0.3) is 0 Å². The number of nitrogens with one attached hydrogen (secondary N) is 1. The van der Waals surface area contributed by atoms with Gasteiger partial charge in [0.1, 0.15) is 5.54 Å². The van der Waals surface area contributed by atoms with Crippen molar-refractivity contribution < 1.29 is 19.0 Å². The smallest absolute Gasteiger partial charge is 0.269 e. The maximum atomic E-state index is 12.8. The number of hydrogen-bond donors (Lipinski definition) is 1. The molecule has 2 heterocycles. The van der Waals surface area contributed by atoms with Crippen molar-refractivity contribution in [3.63, 3.8) is 0 Å². The van der Waals surface area contributed by atoms with Crippen molar-refractivity contribution in [3.8, 4) is 0 Å². The van der Waals surface area contributed by atoms with Crippen LogP contribution in [0.1, 0.15) is 63.6 Å². The average Bonchev–Trinajstić information content (AvgIpc) is 3.22. The Bertz CT molecular complexity index is 1040. The average molecular weight is 485 g/mol. The van der Waals surface area contributed by atoms with E-state index in [1.807, 2.05) is 4.90 Å². The number of amides is 2. The lowest BCUT2D eigenvalue weighted by Gasteiger charge is -2.36. The van der Waals surface area contributed by atoms with E-state index >= 15 is 0 Å². The Morgan fingerprint density at radius 1 is 1.09 bits per heavy atom. The minimum Gasteiger partial charge on any atom is -0.368 e. The van der Waals surface area contributed by atoms with Crippen LogP contribution in [0, 0.1) is 10.1 Å². The predicted molar refractivity (Wildman–Crippen MR) is 128 cm³/mol. The molecule has 1 saturated heterocycles. The Labute approximate surface area is 204 Å². The summed E-state index contributed by atoms with van der Waals surface area (Å²) in [6, 6.07) is 6.48. The molecule has 1 aromatic heterocycles. The molecular weight excluding hydrogens is 452 g/mol. The molecule has 11 nitrogen and oxygen atoms in total. The molecule has 2 fully saturated rings. The molecule has 1 saturated carbocycles. The minimum atomic E-state index is -0.595. The summed E-state index contributed by atoms with van der Waals surface area (Å²) in [5.74, 6) is 0.834. The van der Waals surface area contributed by atoms with Gasteiger partial charge in [-0.3, -0.25) is 19.7 Å². The van der Waals surface area contributed by atoms with E-state index in [0.717, 1.165) is 44.2 Å². The van der Waals surface area contributed by atoms with E-state index in [1.165, 1.54) is 19.1 Å². The summed E-state index contributed by atoms with van der Waals surface area (Å²) in [5, 5.41) is 18.1. The van der Waals surface area contributed by atoms with Gasteiger partial charge >= 0.3 is 0 Å².